The summed E-state index contributed by atoms with van der Waals surface area (Å²) in [6.07, 6.45) is -2.77. The highest BCUT2D eigenvalue weighted by atomic mass is 35.5. The first-order chi connectivity index (χ1) is 21.9. The Morgan fingerprint density at radius 3 is 2.07 bits per heavy atom. The number of aryl methyl sites for hydroxylation is 2. The lowest BCUT2D eigenvalue weighted by molar-refractivity contribution is 0.101. The van der Waals surface area contributed by atoms with Crippen molar-refractivity contribution in [1.82, 2.24) is 3.97 Å². The van der Waals surface area contributed by atoms with Gasteiger partial charge in [0.25, 0.3) is 16.4 Å². The number of hydrogen-bond acceptors (Lipinski definition) is 3. The van der Waals surface area contributed by atoms with Gasteiger partial charge in [-0.15, -0.1) is 0 Å². The van der Waals surface area contributed by atoms with Gasteiger partial charge in [0.15, 0.2) is 5.78 Å². The zero-order valence-electron chi connectivity index (χ0n) is 25.0. The lowest BCUT2D eigenvalue weighted by Gasteiger charge is -2.17. The van der Waals surface area contributed by atoms with E-state index in [1.807, 2.05) is 38.1 Å². The fourth-order valence-corrected chi connectivity index (χ4v) is 7.74. The molecule has 9 heteroatoms. The van der Waals surface area contributed by atoms with E-state index in [1.54, 1.807) is 36.4 Å². The molecule has 0 aliphatic heterocycles. The quantitative estimate of drug-likeness (QED) is 0.161. The third kappa shape index (κ3) is 5.42. The van der Waals surface area contributed by atoms with Crippen molar-refractivity contribution in [2.24, 2.45) is 0 Å². The van der Waals surface area contributed by atoms with E-state index in [1.165, 1.54) is 29.1 Å². The molecule has 46 heavy (non-hydrogen) atoms. The summed E-state index contributed by atoms with van der Waals surface area (Å²) in [6.45, 7) is 5.25. The topological polar surface area (TPSA) is 56.1 Å². The predicted molar refractivity (Wildman–Crippen MR) is 177 cm³/mol. The molecular formula is C37H27ClF3NO3S. The first-order valence-corrected chi connectivity index (χ1v) is 16.2. The van der Waals surface area contributed by atoms with Crippen LogP contribution in [-0.4, -0.2) is 18.2 Å². The Labute approximate surface area is 269 Å². The van der Waals surface area contributed by atoms with Gasteiger partial charge in [-0.2, -0.15) is 0 Å². The van der Waals surface area contributed by atoms with Gasteiger partial charge in [0, 0.05) is 38.2 Å². The second-order valence-corrected chi connectivity index (χ2v) is 13.3. The Morgan fingerprint density at radius 1 is 0.783 bits per heavy atom. The molecule has 0 unspecified atom stereocenters. The molecule has 6 aromatic rings. The van der Waals surface area contributed by atoms with Crippen molar-refractivity contribution in [3.8, 4) is 33.5 Å². The number of benzene rings is 5. The molecule has 0 radical (unpaired) electrons. The molecule has 0 aliphatic rings. The summed E-state index contributed by atoms with van der Waals surface area (Å²) in [5, 5.41) is 0.712. The smallest absolute Gasteiger partial charge is 0.268 e. The predicted octanol–water partition coefficient (Wildman–Crippen LogP) is 10.4. The molecule has 6 rings (SSSR count). The zero-order chi connectivity index (χ0) is 32.9. The van der Waals surface area contributed by atoms with Crippen molar-refractivity contribution < 1.29 is 26.4 Å². The number of ketones is 1. The van der Waals surface area contributed by atoms with Gasteiger partial charge in [-0.05, 0) is 85.5 Å². The van der Waals surface area contributed by atoms with Gasteiger partial charge in [0.05, 0.1) is 16.1 Å². The van der Waals surface area contributed by atoms with Crippen molar-refractivity contribution in [3.63, 3.8) is 0 Å². The number of alkyl halides is 2. The third-order valence-electron chi connectivity index (χ3n) is 8.11. The molecule has 232 valence electrons. The van der Waals surface area contributed by atoms with Crippen LogP contribution in [0.3, 0.4) is 0 Å². The third-order valence-corrected chi connectivity index (χ3v) is 10.2. The van der Waals surface area contributed by atoms with E-state index in [9.17, 15) is 26.4 Å². The average Bonchev–Trinajstić information content (AvgIpc) is 3.35. The maximum absolute atomic E-state index is 15.0. The molecule has 5 aromatic carbocycles. The molecule has 0 amide bonds. The number of Topliss-reactive ketones (excluding diaryl/α,β-unsaturated/α-hetero) is 1. The minimum absolute atomic E-state index is 0.135. The Bertz CT molecular complexity index is 2260. The second-order valence-electron chi connectivity index (χ2n) is 11.1. The fraction of sp³-hybridized carbons (Fsp3) is 0.108. The van der Waals surface area contributed by atoms with Crippen molar-refractivity contribution in [3.05, 3.63) is 136 Å². The van der Waals surface area contributed by atoms with Gasteiger partial charge in [-0.25, -0.2) is 25.6 Å². The van der Waals surface area contributed by atoms with Crippen molar-refractivity contribution in [2.45, 2.75) is 32.1 Å². The highest BCUT2D eigenvalue weighted by Crippen LogP contribution is 2.46. The number of rotatable bonds is 7. The molecule has 1 heterocycles. The number of aromatic nitrogens is 1. The number of nitrogens with zero attached hydrogens (tertiary/aromatic N) is 1. The molecule has 0 N–H and O–H groups in total. The lowest BCUT2D eigenvalue weighted by Crippen LogP contribution is -2.14. The van der Waals surface area contributed by atoms with Crippen LogP contribution in [0.5, 0.6) is 0 Å². The molecule has 0 fully saturated rings. The number of carbonyl (C=O) groups excluding carboxylic acids is 1. The Balaban J connectivity index is 1.72. The van der Waals surface area contributed by atoms with Gasteiger partial charge >= 0.3 is 0 Å². The minimum atomic E-state index is -4.43. The average molecular weight is 658 g/mol. The van der Waals surface area contributed by atoms with Crippen molar-refractivity contribution >= 4 is 38.3 Å². The van der Waals surface area contributed by atoms with Crippen LogP contribution in [0.4, 0.5) is 13.2 Å². The first kappa shape index (κ1) is 31.3. The second kappa shape index (κ2) is 11.9. The van der Waals surface area contributed by atoms with Crippen LogP contribution in [0, 0.1) is 19.7 Å². The molecular weight excluding hydrogens is 631 g/mol. The monoisotopic (exact) mass is 657 g/mol. The first-order valence-electron chi connectivity index (χ1n) is 14.3. The number of fused-ring (bicyclic) bond motifs is 1. The number of carbonyl (C=O) groups is 1. The van der Waals surface area contributed by atoms with Crippen LogP contribution >= 0.6 is 11.6 Å². The standard InChI is InChI=1S/C37H27ClF3NO3S/c1-21-6-4-7-22(2)34(21)35-31-20-28(39)13-17-33(31)42(46(44,45)29-14-10-24(11-15-29)37(40)41)36(35)27-9-5-8-26(18-27)30-16-12-25(23(3)43)19-32(30)38/h4-20,37H,1-3H3. The summed E-state index contributed by atoms with van der Waals surface area (Å²) in [5.41, 5.74) is 5.36. The molecule has 0 bridgehead atoms. The van der Waals surface area contributed by atoms with Gasteiger partial charge in [-0.1, -0.05) is 72.3 Å². The molecule has 0 saturated carbocycles. The van der Waals surface area contributed by atoms with Crippen LogP contribution in [-0.2, 0) is 10.0 Å². The summed E-state index contributed by atoms with van der Waals surface area (Å²) in [7, 11) is -4.43. The molecule has 4 nitrogen and oxygen atoms in total. The van der Waals surface area contributed by atoms with E-state index >= 15 is 0 Å². The normalized spacial score (nSPS) is 11.8. The fourth-order valence-electron chi connectivity index (χ4n) is 5.90. The summed E-state index contributed by atoms with van der Waals surface area (Å²) in [6, 6.07) is 26.2. The van der Waals surface area contributed by atoms with Crippen LogP contribution < -0.4 is 0 Å². The van der Waals surface area contributed by atoms with Gasteiger partial charge < -0.3 is 0 Å². The van der Waals surface area contributed by atoms with Crippen LogP contribution in [0.15, 0.2) is 108 Å². The molecule has 1 aromatic heterocycles. The summed E-state index contributed by atoms with van der Waals surface area (Å²) in [4.78, 5) is 11.7. The van der Waals surface area contributed by atoms with Crippen LogP contribution in [0.25, 0.3) is 44.4 Å². The summed E-state index contributed by atoms with van der Waals surface area (Å²) >= 11 is 6.63. The highest BCUT2D eigenvalue weighted by Gasteiger charge is 2.30. The summed E-state index contributed by atoms with van der Waals surface area (Å²) in [5.74, 6) is -0.683. The van der Waals surface area contributed by atoms with E-state index in [0.29, 0.717) is 38.2 Å². The van der Waals surface area contributed by atoms with Crippen molar-refractivity contribution in [1.29, 1.82) is 0 Å². The number of halogens is 4. The van der Waals surface area contributed by atoms with Crippen LogP contribution in [0.2, 0.25) is 5.02 Å². The van der Waals surface area contributed by atoms with E-state index in [-0.39, 0.29) is 27.5 Å². The Morgan fingerprint density at radius 2 is 1.43 bits per heavy atom. The molecule has 0 aliphatic carbocycles. The zero-order valence-corrected chi connectivity index (χ0v) is 26.6. The van der Waals surface area contributed by atoms with Gasteiger partial charge in [0.2, 0.25) is 0 Å². The maximum Gasteiger partial charge on any atom is 0.268 e. The molecule has 0 spiro atoms. The van der Waals surface area contributed by atoms with E-state index in [2.05, 4.69) is 0 Å². The number of hydrogen-bond donors (Lipinski definition) is 0. The Hall–Kier alpha value is -4.66. The SMILES string of the molecule is CC(=O)c1ccc(-c2cccc(-c3c(-c4c(C)cccc4C)c4cc(F)ccc4n3S(=O)(=O)c3ccc(C(F)F)cc3)c2)c(Cl)c1. The van der Waals surface area contributed by atoms with Gasteiger partial charge in [0.1, 0.15) is 5.82 Å². The maximum atomic E-state index is 15.0. The molecule has 0 atom stereocenters. The highest BCUT2D eigenvalue weighted by molar-refractivity contribution is 7.90. The Kier molecular flexibility index (Phi) is 8.12. The largest absolute Gasteiger partial charge is 0.295 e. The van der Waals surface area contributed by atoms with E-state index < -0.39 is 22.3 Å². The van der Waals surface area contributed by atoms with E-state index in [0.717, 1.165) is 41.0 Å². The van der Waals surface area contributed by atoms with E-state index in [4.69, 9.17) is 11.6 Å². The van der Waals surface area contributed by atoms with Crippen LogP contribution in [0.1, 0.15) is 40.4 Å². The molecule has 0 saturated heterocycles. The van der Waals surface area contributed by atoms with Crippen molar-refractivity contribution in [2.75, 3.05) is 0 Å². The summed E-state index contributed by atoms with van der Waals surface area (Å²) < 4.78 is 72.0. The minimum Gasteiger partial charge on any atom is -0.295 e. The lowest BCUT2D eigenvalue weighted by atomic mass is 9.91. The van der Waals surface area contributed by atoms with Gasteiger partial charge in [-0.3, -0.25) is 4.79 Å².